The third-order valence-electron chi connectivity index (χ3n) is 4.11. The minimum Gasteiger partial charge on any atom is -0.289 e. The van der Waals surface area contributed by atoms with Gasteiger partial charge < -0.3 is 0 Å². The Balaban J connectivity index is 2.53. The van der Waals surface area contributed by atoms with Gasteiger partial charge in [-0.05, 0) is 43.4 Å². The highest BCUT2D eigenvalue weighted by molar-refractivity contribution is 5.88. The molecule has 2 rings (SSSR count). The van der Waals surface area contributed by atoms with E-state index in [2.05, 4.69) is 19.9 Å². The van der Waals surface area contributed by atoms with Crippen LogP contribution < -0.4 is 5.48 Å². The maximum Gasteiger partial charge on any atom is 0.253 e. The number of hydrogen-bond acceptors (Lipinski definition) is 2. The summed E-state index contributed by atoms with van der Waals surface area (Å²) in [6.07, 6.45) is 3.73. The van der Waals surface area contributed by atoms with E-state index in [9.17, 15) is 4.79 Å². The van der Waals surface area contributed by atoms with Gasteiger partial charge in [0.2, 0.25) is 0 Å². The summed E-state index contributed by atoms with van der Waals surface area (Å²) in [7, 11) is 0. The highest BCUT2D eigenvalue weighted by Gasteiger charge is 2.43. The van der Waals surface area contributed by atoms with Crippen molar-refractivity contribution in [3.8, 4) is 0 Å². The molecule has 0 spiro atoms. The van der Waals surface area contributed by atoms with Crippen molar-refractivity contribution >= 4 is 5.91 Å². The van der Waals surface area contributed by atoms with Gasteiger partial charge in [0.1, 0.15) is 0 Å². The van der Waals surface area contributed by atoms with Crippen LogP contribution in [-0.4, -0.2) is 11.1 Å². The Morgan fingerprint density at radius 3 is 2.53 bits per heavy atom. The van der Waals surface area contributed by atoms with Crippen LogP contribution >= 0.6 is 0 Å². The van der Waals surface area contributed by atoms with Crippen molar-refractivity contribution in [2.75, 3.05) is 0 Å². The van der Waals surface area contributed by atoms with E-state index in [0.29, 0.717) is 0 Å². The lowest BCUT2D eigenvalue weighted by Crippen LogP contribution is -2.41. The van der Waals surface area contributed by atoms with Gasteiger partial charge in [0.15, 0.2) is 0 Å². The van der Waals surface area contributed by atoms with E-state index < -0.39 is 5.41 Å². The molecule has 0 unspecified atom stereocenters. The number of amides is 1. The summed E-state index contributed by atoms with van der Waals surface area (Å²) in [5, 5.41) is 8.98. The standard InChI is InChI=1S/C14H19NO2/c1-10-6-5-7-12(11(10)2)14(13(16)15-17)8-3-4-9-14/h5-7,17H,3-4,8-9H2,1-2H3,(H,15,16). The molecule has 1 aliphatic carbocycles. The lowest BCUT2D eigenvalue weighted by molar-refractivity contribution is -0.135. The van der Waals surface area contributed by atoms with Crippen LogP contribution in [0.2, 0.25) is 0 Å². The third kappa shape index (κ3) is 1.84. The molecule has 0 heterocycles. The fourth-order valence-electron chi connectivity index (χ4n) is 2.97. The molecule has 1 fully saturated rings. The van der Waals surface area contributed by atoms with Crippen LogP contribution in [0.3, 0.4) is 0 Å². The molecule has 0 saturated heterocycles. The summed E-state index contributed by atoms with van der Waals surface area (Å²) < 4.78 is 0. The van der Waals surface area contributed by atoms with Crippen LogP contribution in [0, 0.1) is 13.8 Å². The van der Waals surface area contributed by atoms with Crippen LogP contribution in [0.4, 0.5) is 0 Å². The van der Waals surface area contributed by atoms with Crippen LogP contribution in [0.15, 0.2) is 18.2 Å². The fourth-order valence-corrected chi connectivity index (χ4v) is 2.97. The van der Waals surface area contributed by atoms with E-state index in [-0.39, 0.29) is 5.91 Å². The molecular weight excluding hydrogens is 214 g/mol. The van der Waals surface area contributed by atoms with Gasteiger partial charge in [-0.3, -0.25) is 10.0 Å². The molecule has 0 atom stereocenters. The number of aryl methyl sites for hydroxylation is 1. The molecule has 2 N–H and O–H groups in total. The SMILES string of the molecule is Cc1cccc(C2(C(=O)NO)CCCC2)c1C. The summed E-state index contributed by atoms with van der Waals surface area (Å²) >= 11 is 0. The van der Waals surface area contributed by atoms with E-state index in [0.717, 1.165) is 36.8 Å². The number of benzene rings is 1. The van der Waals surface area contributed by atoms with Gasteiger partial charge in [-0.1, -0.05) is 31.0 Å². The van der Waals surface area contributed by atoms with Gasteiger partial charge in [-0.2, -0.15) is 0 Å². The first-order chi connectivity index (χ1) is 8.12. The van der Waals surface area contributed by atoms with Crippen LogP contribution in [0.25, 0.3) is 0 Å². The molecule has 3 heteroatoms. The van der Waals surface area contributed by atoms with E-state index >= 15 is 0 Å². The predicted octanol–water partition coefficient (Wildman–Crippen LogP) is 2.62. The average Bonchev–Trinajstić information content (AvgIpc) is 2.82. The zero-order chi connectivity index (χ0) is 12.5. The average molecular weight is 233 g/mol. The number of carbonyl (C=O) groups excluding carboxylic acids is 1. The molecular formula is C14H19NO2. The first-order valence-corrected chi connectivity index (χ1v) is 6.13. The van der Waals surface area contributed by atoms with Gasteiger partial charge in [0, 0.05) is 0 Å². The van der Waals surface area contributed by atoms with E-state index in [1.807, 2.05) is 17.6 Å². The monoisotopic (exact) mass is 233 g/mol. The number of nitrogens with one attached hydrogen (secondary N) is 1. The molecule has 0 aromatic heterocycles. The molecule has 3 nitrogen and oxygen atoms in total. The molecule has 1 aromatic rings. The Labute approximate surface area is 102 Å². The molecule has 0 bridgehead atoms. The van der Waals surface area contributed by atoms with Crippen LogP contribution in [0.5, 0.6) is 0 Å². The molecule has 1 saturated carbocycles. The Kier molecular flexibility index (Phi) is 3.20. The second-order valence-electron chi connectivity index (χ2n) is 4.98. The van der Waals surface area contributed by atoms with Crippen molar-refractivity contribution in [2.45, 2.75) is 44.9 Å². The zero-order valence-electron chi connectivity index (χ0n) is 10.4. The first-order valence-electron chi connectivity index (χ1n) is 6.13. The largest absolute Gasteiger partial charge is 0.289 e. The quantitative estimate of drug-likeness (QED) is 0.609. The number of rotatable bonds is 2. The second kappa shape index (κ2) is 4.49. The normalized spacial score (nSPS) is 18.1. The highest BCUT2D eigenvalue weighted by Crippen LogP contribution is 2.43. The van der Waals surface area contributed by atoms with Gasteiger partial charge in [-0.15, -0.1) is 0 Å². The molecule has 0 radical (unpaired) electrons. The van der Waals surface area contributed by atoms with E-state index in [1.54, 1.807) is 0 Å². The van der Waals surface area contributed by atoms with Crippen molar-refractivity contribution in [3.63, 3.8) is 0 Å². The maximum atomic E-state index is 12.0. The van der Waals surface area contributed by atoms with Crippen molar-refractivity contribution in [1.29, 1.82) is 0 Å². The van der Waals surface area contributed by atoms with Crippen molar-refractivity contribution < 1.29 is 10.0 Å². The Morgan fingerprint density at radius 2 is 1.94 bits per heavy atom. The Hall–Kier alpha value is -1.35. The Morgan fingerprint density at radius 1 is 1.29 bits per heavy atom. The van der Waals surface area contributed by atoms with Crippen LogP contribution in [0.1, 0.15) is 42.4 Å². The summed E-state index contributed by atoms with van der Waals surface area (Å²) in [6.45, 7) is 4.10. The first kappa shape index (κ1) is 12.1. The third-order valence-corrected chi connectivity index (χ3v) is 4.11. The zero-order valence-corrected chi connectivity index (χ0v) is 10.4. The van der Waals surface area contributed by atoms with Gasteiger partial charge >= 0.3 is 0 Å². The molecule has 92 valence electrons. The number of hydrogen-bond donors (Lipinski definition) is 2. The van der Waals surface area contributed by atoms with Crippen molar-refractivity contribution in [2.24, 2.45) is 0 Å². The summed E-state index contributed by atoms with van der Waals surface area (Å²) in [4.78, 5) is 12.0. The lowest BCUT2D eigenvalue weighted by Gasteiger charge is -2.29. The van der Waals surface area contributed by atoms with Crippen molar-refractivity contribution in [1.82, 2.24) is 5.48 Å². The molecule has 0 aliphatic heterocycles. The molecule has 1 aliphatic rings. The van der Waals surface area contributed by atoms with Crippen molar-refractivity contribution in [3.05, 3.63) is 34.9 Å². The minimum absolute atomic E-state index is 0.260. The highest BCUT2D eigenvalue weighted by atomic mass is 16.5. The van der Waals surface area contributed by atoms with E-state index in [4.69, 9.17) is 5.21 Å². The second-order valence-corrected chi connectivity index (χ2v) is 4.98. The Bertz CT molecular complexity index is 434. The van der Waals surface area contributed by atoms with Gasteiger partial charge in [-0.25, -0.2) is 5.48 Å². The molecule has 17 heavy (non-hydrogen) atoms. The number of carbonyl (C=O) groups is 1. The topological polar surface area (TPSA) is 49.3 Å². The lowest BCUT2D eigenvalue weighted by atomic mass is 9.75. The maximum absolute atomic E-state index is 12.0. The van der Waals surface area contributed by atoms with Crippen LogP contribution in [-0.2, 0) is 10.2 Å². The number of hydroxylamine groups is 1. The molecule has 1 amide bonds. The molecule has 1 aromatic carbocycles. The minimum atomic E-state index is -0.523. The van der Waals surface area contributed by atoms with E-state index in [1.165, 1.54) is 5.56 Å². The smallest absolute Gasteiger partial charge is 0.253 e. The van der Waals surface area contributed by atoms with Gasteiger partial charge in [0.05, 0.1) is 5.41 Å². The summed E-state index contributed by atoms with van der Waals surface area (Å²) in [5.74, 6) is -0.260. The fraction of sp³-hybridized carbons (Fsp3) is 0.500. The summed E-state index contributed by atoms with van der Waals surface area (Å²) in [6, 6.07) is 6.06. The summed E-state index contributed by atoms with van der Waals surface area (Å²) in [5.41, 5.74) is 4.76. The van der Waals surface area contributed by atoms with Gasteiger partial charge in [0.25, 0.3) is 5.91 Å². The predicted molar refractivity (Wildman–Crippen MR) is 66.0 cm³/mol.